The molecule has 5 amide bonds. The number of hydrogen-bond donors (Lipinski definition) is 4. The first-order valence-electron chi connectivity index (χ1n) is 24.6. The Labute approximate surface area is 406 Å². The van der Waals surface area contributed by atoms with Crippen LogP contribution in [0.2, 0.25) is 0 Å². The molecule has 0 bridgehead atoms. The third kappa shape index (κ3) is 9.12. The smallest absolute Gasteiger partial charge is 0.262 e. The minimum Gasteiger partial charge on any atom is -0.398 e. The van der Waals surface area contributed by atoms with Gasteiger partial charge in [0.05, 0.1) is 28.5 Å². The number of imide groups is 2. The normalized spacial score (nSPS) is 21.9. The van der Waals surface area contributed by atoms with Crippen LogP contribution >= 0.6 is 0 Å². The first-order chi connectivity index (χ1) is 33.8. The zero-order chi connectivity index (χ0) is 48.8. The second kappa shape index (κ2) is 19.4. The number of rotatable bonds is 12. The number of hydrogen-bond acceptors (Lipinski definition) is 16. The van der Waals surface area contributed by atoms with E-state index >= 15 is 0 Å². The summed E-state index contributed by atoms with van der Waals surface area (Å²) in [6.07, 6.45) is 7.75. The largest absolute Gasteiger partial charge is 0.398 e. The number of pyridine rings is 1. The van der Waals surface area contributed by atoms with Gasteiger partial charge in [0.2, 0.25) is 17.8 Å². The van der Waals surface area contributed by atoms with Gasteiger partial charge in [-0.1, -0.05) is 5.10 Å². The minimum atomic E-state index is -0.965. The molecule has 20 heteroatoms. The van der Waals surface area contributed by atoms with E-state index in [0.29, 0.717) is 51.1 Å². The first-order valence-corrected chi connectivity index (χ1v) is 24.6. The predicted octanol–water partition coefficient (Wildman–Crippen LogP) is 3.53. The highest BCUT2D eigenvalue weighted by molar-refractivity contribution is 6.24. The summed E-state index contributed by atoms with van der Waals surface area (Å²) in [4.78, 5) is 81.7. The maximum absolute atomic E-state index is 13.6. The Hall–Kier alpha value is -7.06. The molecule has 20 nitrogen and oxygen atoms in total. The molecule has 6 aliphatic heterocycles. The van der Waals surface area contributed by atoms with Crippen molar-refractivity contribution in [1.29, 1.82) is 5.41 Å². The Kier molecular flexibility index (Phi) is 12.9. The van der Waals surface area contributed by atoms with Crippen molar-refractivity contribution < 1.29 is 24.0 Å². The van der Waals surface area contributed by atoms with Crippen LogP contribution in [0.3, 0.4) is 0 Å². The van der Waals surface area contributed by atoms with Gasteiger partial charge in [0.25, 0.3) is 17.7 Å². The molecule has 1 unspecified atom stereocenters. The summed E-state index contributed by atoms with van der Waals surface area (Å²) < 4.78 is 1.62. The molecule has 366 valence electrons. The van der Waals surface area contributed by atoms with Crippen LogP contribution in [-0.4, -0.2) is 154 Å². The van der Waals surface area contributed by atoms with E-state index in [9.17, 15) is 29.4 Å². The van der Waals surface area contributed by atoms with E-state index in [-0.39, 0.29) is 36.4 Å². The van der Waals surface area contributed by atoms with Crippen molar-refractivity contribution in [2.45, 2.75) is 70.9 Å². The van der Waals surface area contributed by atoms with Gasteiger partial charge in [-0.05, 0) is 143 Å². The summed E-state index contributed by atoms with van der Waals surface area (Å²) in [5.74, 6) is 0.526. The lowest BCUT2D eigenvalue weighted by Crippen LogP contribution is -2.54. The van der Waals surface area contributed by atoms with E-state index in [2.05, 4.69) is 45.8 Å². The number of nitrogens with one attached hydrogen (secondary N) is 3. The summed E-state index contributed by atoms with van der Waals surface area (Å²) in [5, 5.41) is 26.4. The fraction of sp³-hybridized carbons (Fsp3) is 0.480. The van der Waals surface area contributed by atoms with Crippen molar-refractivity contribution in [3.8, 4) is 0 Å². The van der Waals surface area contributed by atoms with Gasteiger partial charge in [0.15, 0.2) is 0 Å². The molecule has 8 heterocycles. The molecular weight excluding hydrogens is 891 g/mol. The predicted molar refractivity (Wildman–Crippen MR) is 264 cm³/mol. The number of fused-ring (bicyclic) bond motifs is 2. The number of carbonyl (C=O) groups is 5. The number of tetrazole rings is 1. The maximum Gasteiger partial charge on any atom is 0.262 e. The molecular formula is C50H61N15O5. The highest BCUT2D eigenvalue weighted by Gasteiger charge is 2.45. The second-order valence-corrected chi connectivity index (χ2v) is 19.7. The number of allylic oxidation sites excluding steroid dienone is 1. The molecule has 0 radical (unpaired) electrons. The second-order valence-electron chi connectivity index (χ2n) is 19.7. The van der Waals surface area contributed by atoms with Gasteiger partial charge in [-0.2, -0.15) is 0 Å². The topological polar surface area (TPSA) is 235 Å². The van der Waals surface area contributed by atoms with Crippen LogP contribution < -0.4 is 31.1 Å². The molecule has 70 heavy (non-hydrogen) atoms. The molecule has 0 spiro atoms. The van der Waals surface area contributed by atoms with Crippen molar-refractivity contribution in [2.24, 2.45) is 11.8 Å². The summed E-state index contributed by atoms with van der Waals surface area (Å²) in [5.41, 5.74) is 11.7. The summed E-state index contributed by atoms with van der Waals surface area (Å²) in [7, 11) is 1.82. The number of nitrogen functional groups attached to an aromatic ring is 1. The van der Waals surface area contributed by atoms with Crippen LogP contribution in [0.5, 0.6) is 0 Å². The fourth-order valence-corrected chi connectivity index (χ4v) is 11.1. The molecule has 2 aromatic heterocycles. The summed E-state index contributed by atoms with van der Waals surface area (Å²) >= 11 is 0. The van der Waals surface area contributed by atoms with Crippen molar-refractivity contribution in [3.05, 3.63) is 88.3 Å². The van der Waals surface area contributed by atoms with E-state index in [0.717, 1.165) is 106 Å². The lowest BCUT2D eigenvalue weighted by atomic mass is 9.90. The Bertz CT molecular complexity index is 2770. The van der Waals surface area contributed by atoms with Gasteiger partial charge < -0.3 is 30.7 Å². The van der Waals surface area contributed by atoms with Gasteiger partial charge in [-0.3, -0.25) is 44.5 Å². The van der Waals surface area contributed by atoms with E-state index in [4.69, 9.17) is 10.7 Å². The molecule has 0 aliphatic carbocycles. The number of nitrogens with two attached hydrogens (primary N) is 1. The van der Waals surface area contributed by atoms with Crippen LogP contribution in [-0.2, 0) is 14.4 Å². The van der Waals surface area contributed by atoms with E-state index in [1.54, 1.807) is 46.1 Å². The van der Waals surface area contributed by atoms with Crippen LogP contribution in [0.4, 0.5) is 28.8 Å². The Morgan fingerprint density at radius 3 is 2.34 bits per heavy atom. The lowest BCUT2D eigenvalue weighted by molar-refractivity contribution is -0.136. The van der Waals surface area contributed by atoms with Crippen molar-refractivity contribution in [3.63, 3.8) is 0 Å². The highest BCUT2D eigenvalue weighted by Crippen LogP contribution is 2.35. The van der Waals surface area contributed by atoms with Gasteiger partial charge in [0, 0.05) is 99.4 Å². The zero-order valence-electron chi connectivity index (χ0n) is 40.1. The zero-order valence-corrected chi connectivity index (χ0v) is 40.1. The molecule has 6 aliphatic rings. The average molecular weight is 952 g/mol. The van der Waals surface area contributed by atoms with Crippen LogP contribution in [0.1, 0.15) is 96.7 Å². The van der Waals surface area contributed by atoms with E-state index in [1.165, 1.54) is 19.3 Å². The third-order valence-corrected chi connectivity index (χ3v) is 15.5. The van der Waals surface area contributed by atoms with Gasteiger partial charge >= 0.3 is 0 Å². The average Bonchev–Trinajstić information content (AvgIpc) is 3.96. The Morgan fingerprint density at radius 1 is 0.843 bits per heavy atom. The van der Waals surface area contributed by atoms with Gasteiger partial charge in [0.1, 0.15) is 11.9 Å². The summed E-state index contributed by atoms with van der Waals surface area (Å²) in [6, 6.07) is 13.1. The molecule has 5 N–H and O–H groups in total. The SMILES string of the molecule is CC1=C(C(=O)Nc2ccc(N)c(C(=N)c3ccnc(N4CCN(CCC5CCN(CC6CCN(c7ccc8c(c7)C(=O)N(C7CCC(=O)NC7=O)C8=O)CC6)CC5)CC4)c3)c2)[C@@H](C)n2nnnc2N1C. The lowest BCUT2D eigenvalue weighted by Gasteiger charge is -2.39. The van der Waals surface area contributed by atoms with E-state index < -0.39 is 23.8 Å². The molecule has 2 atom stereocenters. The molecule has 10 rings (SSSR count). The van der Waals surface area contributed by atoms with Gasteiger partial charge in [-0.25, -0.2) is 9.67 Å². The standard InChI is InChI=1S/C50H61N15O5/c1-30-44(31(2)65-50(59(30)3)56-57-58-65)47(68)54-35-4-7-40(51)39(27-35)45(52)34-10-16-53-42(26-34)63-24-22-60(23-25-63)17-11-32-12-18-61(19-13-32)29-33-14-20-62(21-15-33)36-5-6-37-38(28-36)49(70)64(48(37)69)41-8-9-43(66)55-46(41)67/h4-7,10,16,26-28,31-33,41,52H,8-9,11-15,17-25,29,51H2,1-3H3,(H,54,68)(H,55,66,67)/t31-,41?/m1/s1. The van der Waals surface area contributed by atoms with Crippen LogP contribution in [0.15, 0.2) is 66.0 Å². The van der Waals surface area contributed by atoms with E-state index in [1.807, 2.05) is 39.1 Å². The number of benzene rings is 2. The Morgan fingerprint density at radius 2 is 1.59 bits per heavy atom. The summed E-state index contributed by atoms with van der Waals surface area (Å²) in [6.45, 7) is 13.6. The molecule has 4 aromatic rings. The van der Waals surface area contributed by atoms with Crippen molar-refractivity contribution >= 4 is 64.1 Å². The maximum atomic E-state index is 13.6. The monoisotopic (exact) mass is 951 g/mol. The molecule has 4 fully saturated rings. The molecule has 2 aromatic carbocycles. The van der Waals surface area contributed by atoms with Gasteiger partial charge in [-0.15, -0.1) is 0 Å². The number of nitrogens with zero attached hydrogens (tertiary/aromatic N) is 11. The number of piperidine rings is 3. The Balaban J connectivity index is 0.650. The van der Waals surface area contributed by atoms with Crippen molar-refractivity contribution in [1.82, 2.24) is 45.2 Å². The number of aromatic nitrogens is 5. The minimum absolute atomic E-state index is 0.0980. The molecule has 4 saturated heterocycles. The number of amides is 5. The third-order valence-electron chi connectivity index (χ3n) is 15.5. The fourth-order valence-electron chi connectivity index (χ4n) is 11.1. The van der Waals surface area contributed by atoms with Crippen LogP contribution in [0, 0.1) is 17.2 Å². The number of likely N-dealkylation sites (tertiary alicyclic amines) is 1. The van der Waals surface area contributed by atoms with Crippen LogP contribution in [0.25, 0.3) is 0 Å². The first kappa shape index (κ1) is 46.7. The van der Waals surface area contributed by atoms with Crippen molar-refractivity contribution in [2.75, 3.05) is 98.2 Å². The molecule has 0 saturated carbocycles. The number of anilines is 5. The quantitative estimate of drug-likeness (QED) is 0.0904. The highest BCUT2D eigenvalue weighted by atomic mass is 16.2. The number of carbonyl (C=O) groups excluding carboxylic acids is 5. The number of piperazine rings is 1.